The van der Waals surface area contributed by atoms with E-state index in [1.807, 2.05) is 42.5 Å². The Bertz CT molecular complexity index is 1280. The first-order valence-corrected chi connectivity index (χ1v) is 14.5. The van der Waals surface area contributed by atoms with Crippen molar-refractivity contribution >= 4 is 17.9 Å². The van der Waals surface area contributed by atoms with Gasteiger partial charge in [0.15, 0.2) is 6.10 Å². The second kappa shape index (κ2) is 17.4. The Kier molecular flexibility index (Phi) is 13.3. The average molecular weight is 573 g/mol. The van der Waals surface area contributed by atoms with Crippen molar-refractivity contribution in [1.29, 1.82) is 0 Å². The zero-order valence-corrected chi connectivity index (χ0v) is 24.5. The Labute approximate surface area is 248 Å². The summed E-state index contributed by atoms with van der Waals surface area (Å²) in [6.45, 7) is 7.79. The molecular formula is C35H40O7. The molecule has 0 radical (unpaired) electrons. The standard InChI is InChI=1S/C35H40O7/c1-4-6-7-8-9-10-11-12-25-40-31-21-17-28(18-22-31)27-13-15-29(16-14-27)35(38)42-32-23-19-30(20-24-32)34(37)41-26(3)33(36)39-5-2/h4,13-24,26H,1,5-12,25H2,2-3H3. The van der Waals surface area contributed by atoms with E-state index in [0.29, 0.717) is 12.2 Å². The number of rotatable bonds is 17. The minimum atomic E-state index is -1.02. The maximum Gasteiger partial charge on any atom is 0.347 e. The first-order chi connectivity index (χ1) is 20.4. The molecule has 7 nitrogen and oxygen atoms in total. The second-order valence-corrected chi connectivity index (χ2v) is 9.86. The fourth-order valence-electron chi connectivity index (χ4n) is 4.19. The highest BCUT2D eigenvalue weighted by Crippen LogP contribution is 2.24. The van der Waals surface area contributed by atoms with E-state index in [2.05, 4.69) is 6.58 Å². The SMILES string of the molecule is C=CCCCCCCCCOc1ccc(-c2ccc(C(=O)Oc3ccc(C(=O)OC(C)C(=O)OCC)cc3)cc2)cc1. The Hall–Kier alpha value is -4.39. The van der Waals surface area contributed by atoms with E-state index >= 15 is 0 Å². The summed E-state index contributed by atoms with van der Waals surface area (Å²) >= 11 is 0. The van der Waals surface area contributed by atoms with Gasteiger partial charge in [0.2, 0.25) is 0 Å². The van der Waals surface area contributed by atoms with E-state index in [4.69, 9.17) is 18.9 Å². The van der Waals surface area contributed by atoms with Crippen LogP contribution in [-0.2, 0) is 14.3 Å². The molecule has 0 amide bonds. The molecule has 3 aromatic carbocycles. The van der Waals surface area contributed by atoms with E-state index in [1.54, 1.807) is 19.1 Å². The summed E-state index contributed by atoms with van der Waals surface area (Å²) in [7, 11) is 0. The van der Waals surface area contributed by atoms with Crippen molar-refractivity contribution in [2.24, 2.45) is 0 Å². The topological polar surface area (TPSA) is 88.1 Å². The number of hydrogen-bond acceptors (Lipinski definition) is 7. The Morgan fingerprint density at radius 1 is 0.714 bits per heavy atom. The van der Waals surface area contributed by atoms with Gasteiger partial charge in [-0.3, -0.25) is 0 Å². The van der Waals surface area contributed by atoms with Gasteiger partial charge >= 0.3 is 17.9 Å². The molecule has 0 N–H and O–H groups in total. The predicted octanol–water partition coefficient (Wildman–Crippen LogP) is 7.98. The molecule has 0 spiro atoms. The quantitative estimate of drug-likeness (QED) is 0.0701. The molecule has 1 atom stereocenters. The van der Waals surface area contributed by atoms with Gasteiger partial charge in [-0.1, -0.05) is 56.0 Å². The molecule has 3 rings (SSSR count). The van der Waals surface area contributed by atoms with Crippen LogP contribution in [0.15, 0.2) is 85.5 Å². The molecule has 1 unspecified atom stereocenters. The van der Waals surface area contributed by atoms with Crippen molar-refractivity contribution in [1.82, 2.24) is 0 Å². The monoisotopic (exact) mass is 572 g/mol. The number of allylic oxidation sites excluding steroid dienone is 1. The molecule has 0 saturated heterocycles. The van der Waals surface area contributed by atoms with Crippen LogP contribution in [0, 0.1) is 0 Å². The lowest BCUT2D eigenvalue weighted by atomic mass is 10.0. The van der Waals surface area contributed by atoms with Crippen LogP contribution in [0.4, 0.5) is 0 Å². The van der Waals surface area contributed by atoms with Gasteiger partial charge in [-0.2, -0.15) is 0 Å². The van der Waals surface area contributed by atoms with Crippen LogP contribution < -0.4 is 9.47 Å². The van der Waals surface area contributed by atoms with Gasteiger partial charge in [0, 0.05) is 0 Å². The average Bonchev–Trinajstić information content (AvgIpc) is 3.01. The van der Waals surface area contributed by atoms with Gasteiger partial charge < -0.3 is 18.9 Å². The molecule has 0 fully saturated rings. The van der Waals surface area contributed by atoms with Crippen LogP contribution >= 0.6 is 0 Å². The van der Waals surface area contributed by atoms with Crippen molar-refractivity contribution < 1.29 is 33.3 Å². The highest BCUT2D eigenvalue weighted by Gasteiger charge is 2.20. The zero-order valence-electron chi connectivity index (χ0n) is 24.5. The van der Waals surface area contributed by atoms with Crippen molar-refractivity contribution in [3.8, 4) is 22.6 Å². The van der Waals surface area contributed by atoms with Gasteiger partial charge in [0.25, 0.3) is 0 Å². The van der Waals surface area contributed by atoms with Gasteiger partial charge in [-0.25, -0.2) is 14.4 Å². The fraction of sp³-hybridized carbons (Fsp3) is 0.343. The molecule has 0 aliphatic carbocycles. The minimum Gasteiger partial charge on any atom is -0.494 e. The third-order valence-electron chi connectivity index (χ3n) is 6.58. The van der Waals surface area contributed by atoms with Gasteiger partial charge in [-0.15, -0.1) is 6.58 Å². The van der Waals surface area contributed by atoms with E-state index in [1.165, 1.54) is 63.3 Å². The van der Waals surface area contributed by atoms with Gasteiger partial charge in [-0.05, 0) is 92.8 Å². The van der Waals surface area contributed by atoms with Crippen LogP contribution in [0.2, 0.25) is 0 Å². The summed E-state index contributed by atoms with van der Waals surface area (Å²) in [6, 6.07) is 21.0. The van der Waals surface area contributed by atoms with Crippen LogP contribution in [0.5, 0.6) is 11.5 Å². The Morgan fingerprint density at radius 2 is 1.24 bits per heavy atom. The normalized spacial score (nSPS) is 11.3. The van der Waals surface area contributed by atoms with Crippen molar-refractivity contribution in [2.75, 3.05) is 13.2 Å². The summed E-state index contributed by atoms with van der Waals surface area (Å²) in [5, 5.41) is 0. The maximum absolute atomic E-state index is 12.6. The molecule has 0 heterocycles. The van der Waals surface area contributed by atoms with E-state index in [9.17, 15) is 14.4 Å². The lowest BCUT2D eigenvalue weighted by Gasteiger charge is -2.12. The summed E-state index contributed by atoms with van der Waals surface area (Å²) < 4.78 is 21.3. The number of unbranched alkanes of at least 4 members (excludes halogenated alkanes) is 6. The smallest absolute Gasteiger partial charge is 0.347 e. The van der Waals surface area contributed by atoms with Crippen LogP contribution in [-0.4, -0.2) is 37.2 Å². The molecule has 7 heteroatoms. The number of benzene rings is 3. The summed E-state index contributed by atoms with van der Waals surface area (Å²) in [5.74, 6) is -0.690. The first kappa shape index (κ1) is 32.1. The lowest BCUT2D eigenvalue weighted by molar-refractivity contribution is -0.152. The zero-order chi connectivity index (χ0) is 30.2. The molecule has 0 aliphatic heterocycles. The molecule has 222 valence electrons. The fourth-order valence-corrected chi connectivity index (χ4v) is 4.19. The lowest BCUT2D eigenvalue weighted by Crippen LogP contribution is -2.26. The third kappa shape index (κ3) is 10.5. The summed E-state index contributed by atoms with van der Waals surface area (Å²) in [6.07, 6.45) is 9.31. The summed E-state index contributed by atoms with van der Waals surface area (Å²) in [5.41, 5.74) is 2.60. The number of esters is 3. The van der Waals surface area contributed by atoms with Crippen molar-refractivity contribution in [3.63, 3.8) is 0 Å². The highest BCUT2D eigenvalue weighted by atomic mass is 16.6. The van der Waals surface area contributed by atoms with Crippen molar-refractivity contribution in [2.45, 2.75) is 64.9 Å². The van der Waals surface area contributed by atoms with E-state index < -0.39 is 24.0 Å². The van der Waals surface area contributed by atoms with Crippen molar-refractivity contribution in [3.05, 3.63) is 96.6 Å². The van der Waals surface area contributed by atoms with Gasteiger partial charge in [0.1, 0.15) is 11.5 Å². The predicted molar refractivity (Wildman–Crippen MR) is 163 cm³/mol. The van der Waals surface area contributed by atoms with E-state index in [0.717, 1.165) is 29.7 Å². The van der Waals surface area contributed by atoms with Crippen LogP contribution in [0.3, 0.4) is 0 Å². The molecular weight excluding hydrogens is 532 g/mol. The van der Waals surface area contributed by atoms with E-state index in [-0.39, 0.29) is 17.9 Å². The number of carbonyl (C=O) groups excluding carboxylic acids is 3. The molecule has 0 saturated carbocycles. The molecule has 0 aromatic heterocycles. The van der Waals surface area contributed by atoms with Crippen LogP contribution in [0.25, 0.3) is 11.1 Å². The van der Waals surface area contributed by atoms with Crippen LogP contribution in [0.1, 0.15) is 79.5 Å². The molecule has 0 aliphatic rings. The molecule has 3 aromatic rings. The first-order valence-electron chi connectivity index (χ1n) is 14.5. The number of hydrogen-bond donors (Lipinski definition) is 0. The minimum absolute atomic E-state index is 0.198. The Balaban J connectivity index is 1.44. The molecule has 0 bridgehead atoms. The highest BCUT2D eigenvalue weighted by molar-refractivity contribution is 5.93. The maximum atomic E-state index is 12.6. The third-order valence-corrected chi connectivity index (χ3v) is 6.58. The second-order valence-electron chi connectivity index (χ2n) is 9.86. The molecule has 42 heavy (non-hydrogen) atoms. The van der Waals surface area contributed by atoms with Gasteiger partial charge in [0.05, 0.1) is 24.3 Å². The number of carbonyl (C=O) groups is 3. The summed E-state index contributed by atoms with van der Waals surface area (Å²) in [4.78, 5) is 36.6. The number of ether oxygens (including phenoxy) is 4. The Morgan fingerprint density at radius 3 is 1.86 bits per heavy atom. The largest absolute Gasteiger partial charge is 0.494 e.